The number of rotatable bonds is 4. The average Bonchev–Trinajstić information content (AvgIpc) is 2.61. The minimum atomic E-state index is 0. The predicted molar refractivity (Wildman–Crippen MR) is 93.7 cm³/mol. The van der Waals surface area contributed by atoms with Gasteiger partial charge in [0.05, 0.1) is 12.0 Å². The van der Waals surface area contributed by atoms with E-state index >= 15 is 0 Å². The van der Waals surface area contributed by atoms with Crippen molar-refractivity contribution in [3.05, 3.63) is 35.9 Å². The number of amides is 1. The van der Waals surface area contributed by atoms with Gasteiger partial charge in [-0.1, -0.05) is 30.3 Å². The lowest BCUT2D eigenvalue weighted by atomic mass is 9.89. The van der Waals surface area contributed by atoms with Crippen molar-refractivity contribution in [2.24, 2.45) is 11.8 Å². The summed E-state index contributed by atoms with van der Waals surface area (Å²) in [5, 5.41) is 6.47. The molecule has 23 heavy (non-hydrogen) atoms. The number of carbonyl (C=O) groups excluding carboxylic acids is 1. The second-order valence-electron chi connectivity index (χ2n) is 6.39. The Hall–Kier alpha value is -1.10. The van der Waals surface area contributed by atoms with Gasteiger partial charge < -0.3 is 15.4 Å². The standard InChI is InChI=1S/C18H26N2O2.ClH/c21-18(16-8-4-10-19-12-16)20-13-15-9-5-11-22-17(15)14-6-2-1-3-7-14;/h1-3,6-7,15-17,19H,4-5,8-13H2,(H,20,21);1H. The molecule has 5 heteroatoms. The molecule has 0 spiro atoms. The van der Waals surface area contributed by atoms with E-state index in [-0.39, 0.29) is 30.3 Å². The number of piperidine rings is 1. The van der Waals surface area contributed by atoms with E-state index in [1.165, 1.54) is 5.56 Å². The van der Waals surface area contributed by atoms with Crippen LogP contribution in [-0.4, -0.2) is 32.1 Å². The fourth-order valence-electron chi connectivity index (χ4n) is 3.52. The highest BCUT2D eigenvalue weighted by molar-refractivity contribution is 5.85. The van der Waals surface area contributed by atoms with Crippen LogP contribution in [0.25, 0.3) is 0 Å². The summed E-state index contributed by atoms with van der Waals surface area (Å²) in [6.07, 6.45) is 4.40. The van der Waals surface area contributed by atoms with Crippen molar-refractivity contribution < 1.29 is 9.53 Å². The summed E-state index contributed by atoms with van der Waals surface area (Å²) in [5.74, 6) is 0.703. The molecule has 2 aliphatic rings. The molecule has 0 saturated carbocycles. The molecule has 2 fully saturated rings. The van der Waals surface area contributed by atoms with Gasteiger partial charge in [0.1, 0.15) is 0 Å². The van der Waals surface area contributed by atoms with Gasteiger partial charge in [-0.15, -0.1) is 12.4 Å². The Labute approximate surface area is 144 Å². The summed E-state index contributed by atoms with van der Waals surface area (Å²) in [7, 11) is 0. The third-order valence-electron chi connectivity index (χ3n) is 4.78. The van der Waals surface area contributed by atoms with E-state index in [0.29, 0.717) is 5.92 Å². The molecule has 0 aromatic heterocycles. The highest BCUT2D eigenvalue weighted by Crippen LogP contribution is 2.33. The number of hydrogen-bond donors (Lipinski definition) is 2. The Morgan fingerprint density at radius 3 is 2.78 bits per heavy atom. The minimum absolute atomic E-state index is 0. The normalized spacial score (nSPS) is 27.7. The molecule has 3 rings (SSSR count). The van der Waals surface area contributed by atoms with E-state index in [4.69, 9.17) is 4.74 Å². The van der Waals surface area contributed by atoms with Crippen molar-refractivity contribution in [2.45, 2.75) is 31.8 Å². The van der Waals surface area contributed by atoms with Gasteiger partial charge in [-0.3, -0.25) is 4.79 Å². The van der Waals surface area contributed by atoms with Gasteiger partial charge in [-0.05, 0) is 37.8 Å². The number of hydrogen-bond acceptors (Lipinski definition) is 3. The van der Waals surface area contributed by atoms with Crippen molar-refractivity contribution in [3.8, 4) is 0 Å². The highest BCUT2D eigenvalue weighted by atomic mass is 35.5. The Morgan fingerprint density at radius 2 is 2.04 bits per heavy atom. The summed E-state index contributed by atoms with van der Waals surface area (Å²) < 4.78 is 5.99. The first-order chi connectivity index (χ1) is 10.8. The second-order valence-corrected chi connectivity index (χ2v) is 6.39. The predicted octanol–water partition coefficient (Wildman–Crippen LogP) is 2.69. The van der Waals surface area contributed by atoms with E-state index in [1.54, 1.807) is 0 Å². The fraction of sp³-hybridized carbons (Fsp3) is 0.611. The molecule has 1 amide bonds. The maximum Gasteiger partial charge on any atom is 0.224 e. The lowest BCUT2D eigenvalue weighted by Crippen LogP contribution is -2.43. The zero-order valence-electron chi connectivity index (χ0n) is 13.5. The summed E-state index contributed by atoms with van der Waals surface area (Å²) in [6, 6.07) is 10.4. The van der Waals surface area contributed by atoms with Gasteiger partial charge in [-0.25, -0.2) is 0 Å². The molecule has 3 unspecified atom stereocenters. The lowest BCUT2D eigenvalue weighted by Gasteiger charge is -2.33. The van der Waals surface area contributed by atoms with Crippen LogP contribution in [0.2, 0.25) is 0 Å². The summed E-state index contributed by atoms with van der Waals surface area (Å²) >= 11 is 0. The van der Waals surface area contributed by atoms with Gasteiger partial charge in [0, 0.05) is 25.6 Å². The molecule has 2 aliphatic heterocycles. The van der Waals surface area contributed by atoms with E-state index in [0.717, 1.165) is 51.9 Å². The molecule has 3 atom stereocenters. The molecule has 0 radical (unpaired) electrons. The van der Waals surface area contributed by atoms with E-state index < -0.39 is 0 Å². The van der Waals surface area contributed by atoms with Crippen LogP contribution in [0.15, 0.2) is 30.3 Å². The monoisotopic (exact) mass is 338 g/mol. The quantitative estimate of drug-likeness (QED) is 0.887. The maximum atomic E-state index is 12.3. The smallest absolute Gasteiger partial charge is 0.224 e. The molecular formula is C18H27ClN2O2. The molecule has 0 aliphatic carbocycles. The first kappa shape index (κ1) is 18.2. The van der Waals surface area contributed by atoms with Crippen LogP contribution in [-0.2, 0) is 9.53 Å². The molecule has 1 aromatic rings. The van der Waals surface area contributed by atoms with Crippen LogP contribution in [0.1, 0.15) is 37.4 Å². The number of nitrogens with one attached hydrogen (secondary N) is 2. The first-order valence-electron chi connectivity index (χ1n) is 8.49. The van der Waals surface area contributed by atoms with E-state index in [2.05, 4.69) is 34.9 Å². The van der Waals surface area contributed by atoms with Crippen molar-refractivity contribution in [2.75, 3.05) is 26.2 Å². The largest absolute Gasteiger partial charge is 0.373 e. The van der Waals surface area contributed by atoms with Crippen LogP contribution in [0, 0.1) is 11.8 Å². The van der Waals surface area contributed by atoms with Gasteiger partial charge in [0.2, 0.25) is 5.91 Å². The molecule has 4 nitrogen and oxygen atoms in total. The maximum absolute atomic E-state index is 12.3. The van der Waals surface area contributed by atoms with Crippen LogP contribution in [0.5, 0.6) is 0 Å². The topological polar surface area (TPSA) is 50.4 Å². The van der Waals surface area contributed by atoms with Crippen LogP contribution in [0.3, 0.4) is 0 Å². The molecule has 1 aromatic carbocycles. The molecule has 2 heterocycles. The van der Waals surface area contributed by atoms with Crippen LogP contribution < -0.4 is 10.6 Å². The zero-order chi connectivity index (χ0) is 15.2. The zero-order valence-corrected chi connectivity index (χ0v) is 14.3. The molecule has 2 saturated heterocycles. The molecular weight excluding hydrogens is 312 g/mol. The first-order valence-corrected chi connectivity index (χ1v) is 8.49. The Morgan fingerprint density at radius 1 is 1.22 bits per heavy atom. The molecule has 128 valence electrons. The Bertz CT molecular complexity index is 477. The van der Waals surface area contributed by atoms with Crippen LogP contribution in [0.4, 0.5) is 0 Å². The van der Waals surface area contributed by atoms with Gasteiger partial charge in [-0.2, -0.15) is 0 Å². The minimum Gasteiger partial charge on any atom is -0.373 e. The SMILES string of the molecule is Cl.O=C(NCC1CCCOC1c1ccccc1)C1CCCNC1. The van der Waals surface area contributed by atoms with E-state index in [1.807, 2.05) is 6.07 Å². The lowest BCUT2D eigenvalue weighted by molar-refractivity contribution is -0.126. The Kier molecular flexibility index (Phi) is 7.34. The summed E-state index contributed by atoms with van der Waals surface area (Å²) in [6.45, 7) is 3.39. The van der Waals surface area contributed by atoms with Crippen molar-refractivity contribution >= 4 is 18.3 Å². The Balaban J connectivity index is 0.00000192. The van der Waals surface area contributed by atoms with Crippen molar-refractivity contribution in [1.29, 1.82) is 0 Å². The van der Waals surface area contributed by atoms with Gasteiger partial charge >= 0.3 is 0 Å². The van der Waals surface area contributed by atoms with Crippen LogP contribution >= 0.6 is 12.4 Å². The number of benzene rings is 1. The highest BCUT2D eigenvalue weighted by Gasteiger charge is 2.29. The average molecular weight is 339 g/mol. The second kappa shape index (κ2) is 9.26. The van der Waals surface area contributed by atoms with E-state index in [9.17, 15) is 4.79 Å². The number of ether oxygens (including phenoxy) is 1. The molecule has 0 bridgehead atoms. The fourth-order valence-corrected chi connectivity index (χ4v) is 3.52. The van der Waals surface area contributed by atoms with Gasteiger partial charge in [0.25, 0.3) is 0 Å². The summed E-state index contributed by atoms with van der Waals surface area (Å²) in [5.41, 5.74) is 1.22. The van der Waals surface area contributed by atoms with Crippen molar-refractivity contribution in [1.82, 2.24) is 10.6 Å². The van der Waals surface area contributed by atoms with Gasteiger partial charge in [0.15, 0.2) is 0 Å². The molecule has 2 N–H and O–H groups in total. The third kappa shape index (κ3) is 4.93. The third-order valence-corrected chi connectivity index (χ3v) is 4.78. The number of halogens is 1. The number of carbonyl (C=O) groups is 1. The van der Waals surface area contributed by atoms with Crippen molar-refractivity contribution in [3.63, 3.8) is 0 Å². The summed E-state index contributed by atoms with van der Waals surface area (Å²) in [4.78, 5) is 12.3.